The van der Waals surface area contributed by atoms with Gasteiger partial charge in [-0.3, -0.25) is 4.57 Å². The van der Waals surface area contributed by atoms with Crippen molar-refractivity contribution in [3.8, 4) is 6.07 Å². The van der Waals surface area contributed by atoms with Gasteiger partial charge >= 0.3 is 0 Å². The molecule has 5 atom stereocenters. The Morgan fingerprint density at radius 1 is 1.55 bits per heavy atom. The zero-order valence-corrected chi connectivity index (χ0v) is 11.7. The molecule has 0 spiro atoms. The first-order valence-electron chi connectivity index (χ1n) is 5.50. The fourth-order valence-corrected chi connectivity index (χ4v) is 3.09. The number of thiophene rings is 1. The molecule has 10 heteroatoms. The fourth-order valence-electron chi connectivity index (χ4n) is 1.85. The van der Waals surface area contributed by atoms with Crippen LogP contribution in [0.5, 0.6) is 0 Å². The molecule has 1 aromatic rings. The van der Waals surface area contributed by atoms with E-state index in [1.165, 1.54) is 17.4 Å². The standard InChI is InChI=1S/C10H12NO7PS/c11-2-5-1-7(20-4-5)10-9(13)8(12)6(18-10)3-17-19(14,15)16/h1,4,6,8-10,12-13H,3H2,(H2,14,15,16)/p-1/t6-,8-,9-,10+/m1/s1. The van der Waals surface area contributed by atoms with Gasteiger partial charge < -0.3 is 29.3 Å². The Bertz CT molecular complexity index is 564. The predicted molar refractivity (Wildman–Crippen MR) is 64.4 cm³/mol. The van der Waals surface area contributed by atoms with Crippen LogP contribution in [0.1, 0.15) is 16.5 Å². The van der Waals surface area contributed by atoms with E-state index in [9.17, 15) is 19.7 Å². The molecule has 110 valence electrons. The molecule has 1 fully saturated rings. The van der Waals surface area contributed by atoms with Gasteiger partial charge in [0.15, 0.2) is 0 Å². The number of nitrogens with zero attached hydrogens (tertiary/aromatic N) is 1. The summed E-state index contributed by atoms with van der Waals surface area (Å²) in [6.07, 6.45) is -4.62. The second-order valence-corrected chi connectivity index (χ2v) is 6.33. The van der Waals surface area contributed by atoms with E-state index in [1.807, 2.05) is 6.07 Å². The largest absolute Gasteiger partial charge is 0.756 e. The van der Waals surface area contributed by atoms with E-state index >= 15 is 0 Å². The number of aliphatic hydroxyl groups excluding tert-OH is 2. The summed E-state index contributed by atoms with van der Waals surface area (Å²) >= 11 is 1.18. The Morgan fingerprint density at radius 3 is 2.80 bits per heavy atom. The van der Waals surface area contributed by atoms with Crippen LogP contribution in [0.2, 0.25) is 0 Å². The van der Waals surface area contributed by atoms with Gasteiger partial charge in [0.1, 0.15) is 30.5 Å². The molecular weight excluding hydrogens is 309 g/mol. The third-order valence-electron chi connectivity index (χ3n) is 2.79. The number of hydrogen-bond acceptors (Lipinski definition) is 8. The summed E-state index contributed by atoms with van der Waals surface area (Å²) in [4.78, 5) is 19.5. The van der Waals surface area contributed by atoms with Crippen molar-refractivity contribution in [2.75, 3.05) is 6.61 Å². The van der Waals surface area contributed by atoms with Crippen LogP contribution in [0, 0.1) is 11.3 Å². The maximum absolute atomic E-state index is 10.5. The zero-order chi connectivity index (χ0) is 14.9. The summed E-state index contributed by atoms with van der Waals surface area (Å²) in [5, 5.41) is 29.9. The molecule has 1 saturated heterocycles. The van der Waals surface area contributed by atoms with Crippen molar-refractivity contribution in [1.29, 1.82) is 5.26 Å². The van der Waals surface area contributed by atoms with E-state index in [2.05, 4.69) is 4.52 Å². The van der Waals surface area contributed by atoms with Crippen molar-refractivity contribution >= 4 is 19.2 Å². The minimum Gasteiger partial charge on any atom is -0.756 e. The lowest BCUT2D eigenvalue weighted by molar-refractivity contribution is -0.222. The Morgan fingerprint density at radius 2 is 2.25 bits per heavy atom. The average molecular weight is 320 g/mol. The third kappa shape index (κ3) is 3.44. The molecule has 0 radical (unpaired) electrons. The molecule has 1 aromatic heterocycles. The first-order valence-corrected chi connectivity index (χ1v) is 7.88. The predicted octanol–water partition coefficient (Wildman–Crippen LogP) is -0.741. The van der Waals surface area contributed by atoms with Crippen molar-refractivity contribution in [2.24, 2.45) is 0 Å². The van der Waals surface area contributed by atoms with E-state index in [1.54, 1.807) is 5.38 Å². The van der Waals surface area contributed by atoms with E-state index in [4.69, 9.17) is 14.9 Å². The Hall–Kier alpha value is -0.820. The minimum absolute atomic E-state index is 0.398. The molecule has 20 heavy (non-hydrogen) atoms. The van der Waals surface area contributed by atoms with Gasteiger partial charge in [0, 0.05) is 10.3 Å². The lowest BCUT2D eigenvalue weighted by atomic mass is 10.1. The molecule has 1 unspecified atom stereocenters. The first-order chi connectivity index (χ1) is 9.31. The number of ether oxygens (including phenoxy) is 1. The normalized spacial score (nSPS) is 32.8. The van der Waals surface area contributed by atoms with Crippen LogP contribution in [-0.4, -0.2) is 40.0 Å². The topological polar surface area (TPSA) is 143 Å². The van der Waals surface area contributed by atoms with Crippen molar-refractivity contribution < 1.29 is 33.8 Å². The van der Waals surface area contributed by atoms with E-state index in [-0.39, 0.29) is 0 Å². The van der Waals surface area contributed by atoms with Gasteiger partial charge in [-0.05, 0) is 6.07 Å². The minimum atomic E-state index is -4.92. The average Bonchev–Trinajstić information content (AvgIpc) is 2.94. The van der Waals surface area contributed by atoms with Gasteiger partial charge in [-0.2, -0.15) is 5.26 Å². The molecular formula is C10H11NO7PS-. The monoisotopic (exact) mass is 320 g/mol. The zero-order valence-electron chi connectivity index (χ0n) is 9.95. The first kappa shape index (κ1) is 15.6. The highest BCUT2D eigenvalue weighted by Crippen LogP contribution is 2.38. The summed E-state index contributed by atoms with van der Waals surface area (Å²) in [5.41, 5.74) is 0.398. The molecule has 3 N–H and O–H groups in total. The highest BCUT2D eigenvalue weighted by molar-refractivity contribution is 7.44. The Balaban J connectivity index is 2.07. The number of aliphatic hydroxyl groups is 2. The van der Waals surface area contributed by atoms with Crippen molar-refractivity contribution in [3.05, 3.63) is 21.9 Å². The van der Waals surface area contributed by atoms with Gasteiger partial charge in [0.05, 0.1) is 12.2 Å². The number of hydrogen-bond donors (Lipinski definition) is 3. The number of phosphoric acid groups is 1. The third-order valence-corrected chi connectivity index (χ3v) is 4.26. The Kier molecular flexibility index (Phi) is 4.59. The molecule has 2 rings (SSSR count). The van der Waals surface area contributed by atoms with Crippen LogP contribution in [0.4, 0.5) is 0 Å². The summed E-state index contributed by atoms with van der Waals surface area (Å²) in [5.74, 6) is 0. The van der Waals surface area contributed by atoms with Gasteiger partial charge in [0.25, 0.3) is 7.82 Å². The summed E-state index contributed by atoms with van der Waals surface area (Å²) in [6, 6.07) is 3.44. The molecule has 0 aromatic carbocycles. The molecule has 2 heterocycles. The summed E-state index contributed by atoms with van der Waals surface area (Å²) in [7, 11) is -4.92. The van der Waals surface area contributed by atoms with Crippen LogP contribution >= 0.6 is 19.2 Å². The second-order valence-electron chi connectivity index (χ2n) is 4.19. The molecule has 8 nitrogen and oxygen atoms in total. The van der Waals surface area contributed by atoms with Gasteiger partial charge in [-0.15, -0.1) is 11.3 Å². The van der Waals surface area contributed by atoms with Crippen LogP contribution in [0.25, 0.3) is 0 Å². The molecule has 0 saturated carbocycles. The molecule has 0 aliphatic carbocycles. The van der Waals surface area contributed by atoms with E-state index < -0.39 is 38.8 Å². The van der Waals surface area contributed by atoms with Gasteiger partial charge in [0.2, 0.25) is 0 Å². The van der Waals surface area contributed by atoms with Gasteiger partial charge in [-0.1, -0.05) is 0 Å². The number of nitriles is 1. The van der Waals surface area contributed by atoms with Gasteiger partial charge in [-0.25, -0.2) is 0 Å². The molecule has 1 aliphatic rings. The number of rotatable bonds is 4. The summed E-state index contributed by atoms with van der Waals surface area (Å²) < 4.78 is 20.0. The van der Waals surface area contributed by atoms with Crippen LogP contribution < -0.4 is 4.89 Å². The quantitative estimate of drug-likeness (QED) is 0.615. The smallest absolute Gasteiger partial charge is 0.265 e. The highest BCUT2D eigenvalue weighted by atomic mass is 32.1. The van der Waals surface area contributed by atoms with Crippen LogP contribution in [-0.2, 0) is 13.8 Å². The van der Waals surface area contributed by atoms with Crippen LogP contribution in [0.15, 0.2) is 11.4 Å². The molecule has 1 aliphatic heterocycles. The SMILES string of the molecule is N#Cc1csc([C@@H]2O[C@H](COP(=O)([O-])O)[C@@H](O)[C@H]2O)c1. The van der Waals surface area contributed by atoms with Crippen molar-refractivity contribution in [2.45, 2.75) is 24.4 Å². The summed E-state index contributed by atoms with van der Waals surface area (Å²) in [6.45, 7) is -0.609. The maximum atomic E-state index is 10.5. The fraction of sp³-hybridized carbons (Fsp3) is 0.500. The second kappa shape index (κ2) is 5.89. The lowest BCUT2D eigenvalue weighted by Gasteiger charge is -2.20. The van der Waals surface area contributed by atoms with E-state index in [0.29, 0.717) is 10.4 Å². The van der Waals surface area contributed by atoms with Crippen molar-refractivity contribution in [1.82, 2.24) is 0 Å². The van der Waals surface area contributed by atoms with E-state index in [0.717, 1.165) is 0 Å². The Labute approximate surface area is 118 Å². The lowest BCUT2D eigenvalue weighted by Crippen LogP contribution is -2.33. The van der Waals surface area contributed by atoms with Crippen molar-refractivity contribution in [3.63, 3.8) is 0 Å². The maximum Gasteiger partial charge on any atom is 0.265 e. The molecule has 0 amide bonds. The number of phosphoric ester groups is 1. The van der Waals surface area contributed by atoms with Crippen LogP contribution in [0.3, 0.4) is 0 Å². The molecule has 0 bridgehead atoms. The highest BCUT2D eigenvalue weighted by Gasteiger charge is 2.44.